The molecule has 3 aromatic rings. The first kappa shape index (κ1) is 19.1. The van der Waals surface area contributed by atoms with E-state index in [1.807, 2.05) is 12.1 Å². The molecule has 2 heterocycles. The van der Waals surface area contributed by atoms with Crippen molar-refractivity contribution in [3.63, 3.8) is 0 Å². The molecular formula is C14H14ClN7OS3. The van der Waals surface area contributed by atoms with E-state index in [2.05, 4.69) is 38.0 Å². The summed E-state index contributed by atoms with van der Waals surface area (Å²) in [6.45, 7) is 2.10. The van der Waals surface area contributed by atoms with Gasteiger partial charge in [0, 0.05) is 5.75 Å². The maximum absolute atomic E-state index is 12.1. The smallest absolute Gasteiger partial charge is 0.236 e. The molecule has 0 aliphatic rings. The maximum atomic E-state index is 12.1. The van der Waals surface area contributed by atoms with Gasteiger partial charge in [0.15, 0.2) is 4.34 Å². The van der Waals surface area contributed by atoms with Crippen molar-refractivity contribution in [1.29, 1.82) is 0 Å². The number of hydrogen-bond acceptors (Lipinski definition) is 9. The average Bonchev–Trinajstić information content (AvgIpc) is 3.28. The van der Waals surface area contributed by atoms with Gasteiger partial charge in [-0.25, -0.2) is 0 Å². The number of benzene rings is 1. The predicted octanol–water partition coefficient (Wildman–Crippen LogP) is 3.40. The van der Waals surface area contributed by atoms with E-state index in [0.717, 1.165) is 16.5 Å². The molecule has 0 unspecified atom stereocenters. The van der Waals surface area contributed by atoms with Crippen LogP contribution in [0.2, 0.25) is 5.02 Å². The van der Waals surface area contributed by atoms with Gasteiger partial charge in [0.05, 0.1) is 16.5 Å². The third-order valence-electron chi connectivity index (χ3n) is 2.94. The molecule has 0 bridgehead atoms. The summed E-state index contributed by atoms with van der Waals surface area (Å²) in [5.41, 5.74) is 0.656. The lowest BCUT2D eigenvalue weighted by Crippen LogP contribution is -2.14. The molecule has 26 heavy (non-hydrogen) atoms. The molecule has 0 radical (unpaired) electrons. The van der Waals surface area contributed by atoms with Crippen LogP contribution in [0.4, 0.5) is 5.13 Å². The lowest BCUT2D eigenvalue weighted by Gasteiger charge is -2.05. The fourth-order valence-corrected chi connectivity index (χ4v) is 4.43. The Labute approximate surface area is 167 Å². The number of aromatic nitrogens is 6. The van der Waals surface area contributed by atoms with Gasteiger partial charge in [-0.05, 0) is 29.0 Å². The van der Waals surface area contributed by atoms with Crippen LogP contribution in [-0.2, 0) is 4.79 Å². The van der Waals surface area contributed by atoms with Gasteiger partial charge < -0.3 is 0 Å². The summed E-state index contributed by atoms with van der Waals surface area (Å²) in [6, 6.07) is 7.22. The summed E-state index contributed by atoms with van der Waals surface area (Å²) in [4.78, 5) is 12.1. The lowest BCUT2D eigenvalue weighted by atomic mass is 10.3. The molecule has 12 heteroatoms. The normalized spacial score (nSPS) is 10.8. The highest BCUT2D eigenvalue weighted by Gasteiger charge is 2.14. The molecule has 8 nitrogen and oxygen atoms in total. The SMILES string of the molecule is CCCSc1nnc(NC(=O)CSc2nnnn2-c2ccccc2Cl)s1. The molecule has 1 N–H and O–H groups in total. The summed E-state index contributed by atoms with van der Waals surface area (Å²) in [5.74, 6) is 0.914. The van der Waals surface area contributed by atoms with Crippen molar-refractivity contribution in [1.82, 2.24) is 30.4 Å². The Bertz CT molecular complexity index is 885. The van der Waals surface area contributed by atoms with E-state index in [4.69, 9.17) is 11.6 Å². The van der Waals surface area contributed by atoms with E-state index in [1.165, 1.54) is 27.8 Å². The first-order valence-electron chi connectivity index (χ1n) is 7.59. The minimum atomic E-state index is -0.202. The monoisotopic (exact) mass is 427 g/mol. The number of hydrogen-bond donors (Lipinski definition) is 1. The average molecular weight is 428 g/mol. The molecule has 0 aliphatic heterocycles. The molecule has 0 saturated heterocycles. The van der Waals surface area contributed by atoms with Crippen molar-refractivity contribution < 1.29 is 4.79 Å². The number of tetrazole rings is 1. The Balaban J connectivity index is 1.58. The van der Waals surface area contributed by atoms with Gasteiger partial charge in [0.25, 0.3) is 0 Å². The Morgan fingerprint density at radius 3 is 2.92 bits per heavy atom. The largest absolute Gasteiger partial charge is 0.300 e. The van der Waals surface area contributed by atoms with Gasteiger partial charge >= 0.3 is 0 Å². The van der Waals surface area contributed by atoms with Crippen molar-refractivity contribution in [3.8, 4) is 5.69 Å². The number of nitrogens with one attached hydrogen (secondary N) is 1. The summed E-state index contributed by atoms with van der Waals surface area (Å²) >= 11 is 10.4. The molecule has 3 rings (SSSR count). The molecule has 0 saturated carbocycles. The van der Waals surface area contributed by atoms with Crippen molar-refractivity contribution in [2.24, 2.45) is 0 Å². The van der Waals surface area contributed by atoms with Crippen LogP contribution in [0, 0.1) is 0 Å². The van der Waals surface area contributed by atoms with Crippen LogP contribution >= 0.6 is 46.5 Å². The van der Waals surface area contributed by atoms with Crippen LogP contribution < -0.4 is 5.32 Å². The van der Waals surface area contributed by atoms with Crippen molar-refractivity contribution in [2.75, 3.05) is 16.8 Å². The zero-order chi connectivity index (χ0) is 18.4. The summed E-state index contributed by atoms with van der Waals surface area (Å²) < 4.78 is 2.35. The molecule has 0 aliphatic carbocycles. The van der Waals surface area contributed by atoms with Crippen molar-refractivity contribution >= 4 is 57.5 Å². The van der Waals surface area contributed by atoms with Gasteiger partial charge in [-0.1, -0.05) is 65.5 Å². The number of carbonyl (C=O) groups excluding carboxylic acids is 1. The number of amides is 1. The highest BCUT2D eigenvalue weighted by atomic mass is 35.5. The predicted molar refractivity (Wildman–Crippen MR) is 104 cm³/mol. The highest BCUT2D eigenvalue weighted by Crippen LogP contribution is 2.27. The van der Waals surface area contributed by atoms with Gasteiger partial charge in [0.1, 0.15) is 0 Å². The molecule has 1 aromatic carbocycles. The third kappa shape index (κ3) is 4.93. The van der Waals surface area contributed by atoms with Crippen LogP contribution in [-0.4, -0.2) is 47.8 Å². The lowest BCUT2D eigenvalue weighted by molar-refractivity contribution is -0.113. The Morgan fingerprint density at radius 2 is 2.12 bits per heavy atom. The first-order valence-corrected chi connectivity index (χ1v) is 10.8. The molecule has 0 atom stereocenters. The van der Waals surface area contributed by atoms with Crippen molar-refractivity contribution in [3.05, 3.63) is 29.3 Å². The van der Waals surface area contributed by atoms with E-state index in [9.17, 15) is 4.79 Å². The van der Waals surface area contributed by atoms with E-state index in [0.29, 0.717) is 21.0 Å². The second kappa shape index (κ2) is 9.31. The van der Waals surface area contributed by atoms with Gasteiger partial charge in [-0.2, -0.15) is 4.68 Å². The molecule has 2 aromatic heterocycles. The quantitative estimate of drug-likeness (QED) is 0.431. The fraction of sp³-hybridized carbons (Fsp3) is 0.286. The fourth-order valence-electron chi connectivity index (χ4n) is 1.84. The standard InChI is InChI=1S/C14H14ClN7OS3/c1-2-7-24-14-19-17-12(26-14)16-11(23)8-25-13-18-20-21-22(13)10-6-4-3-5-9(10)15/h3-6H,2,7-8H2,1H3,(H,16,17,23). The summed E-state index contributed by atoms with van der Waals surface area (Å²) in [6.07, 6.45) is 1.06. The second-order valence-corrected chi connectivity index (χ2v) is 8.55. The van der Waals surface area contributed by atoms with Crippen LogP contribution in [0.15, 0.2) is 33.8 Å². The number of nitrogens with zero attached hydrogens (tertiary/aromatic N) is 6. The number of halogens is 1. The van der Waals surface area contributed by atoms with Crippen molar-refractivity contribution in [2.45, 2.75) is 22.8 Å². The maximum Gasteiger partial charge on any atom is 0.236 e. The van der Waals surface area contributed by atoms with E-state index in [-0.39, 0.29) is 11.7 Å². The van der Waals surface area contributed by atoms with E-state index < -0.39 is 0 Å². The number of rotatable bonds is 8. The number of para-hydroxylation sites is 1. The van der Waals surface area contributed by atoms with Crippen LogP contribution in [0.1, 0.15) is 13.3 Å². The first-order chi connectivity index (χ1) is 12.7. The Kier molecular flexibility index (Phi) is 6.83. The van der Waals surface area contributed by atoms with Gasteiger partial charge in [-0.3, -0.25) is 10.1 Å². The Morgan fingerprint density at radius 1 is 1.27 bits per heavy atom. The van der Waals surface area contributed by atoms with Gasteiger partial charge in [0.2, 0.25) is 16.2 Å². The minimum Gasteiger partial charge on any atom is -0.300 e. The minimum absolute atomic E-state index is 0.141. The molecular weight excluding hydrogens is 414 g/mol. The zero-order valence-corrected chi connectivity index (χ0v) is 16.8. The Hall–Kier alpha value is -1.69. The number of anilines is 1. The number of thioether (sulfide) groups is 2. The van der Waals surface area contributed by atoms with Crippen LogP contribution in [0.5, 0.6) is 0 Å². The van der Waals surface area contributed by atoms with Gasteiger partial charge in [-0.15, -0.1) is 15.3 Å². The number of carbonyl (C=O) groups is 1. The highest BCUT2D eigenvalue weighted by molar-refractivity contribution is 8.01. The third-order valence-corrected chi connectivity index (χ3v) is 6.35. The van der Waals surface area contributed by atoms with E-state index >= 15 is 0 Å². The molecule has 136 valence electrons. The topological polar surface area (TPSA) is 98.5 Å². The second-order valence-electron chi connectivity index (χ2n) is 4.88. The summed E-state index contributed by atoms with van der Waals surface area (Å²) in [5, 5.41) is 23.8. The van der Waals surface area contributed by atoms with Crippen LogP contribution in [0.25, 0.3) is 5.69 Å². The summed E-state index contributed by atoms with van der Waals surface area (Å²) in [7, 11) is 0. The molecule has 1 amide bonds. The molecule has 0 spiro atoms. The van der Waals surface area contributed by atoms with E-state index in [1.54, 1.807) is 23.9 Å². The molecule has 0 fully saturated rings. The van der Waals surface area contributed by atoms with Crippen LogP contribution in [0.3, 0.4) is 0 Å². The zero-order valence-electron chi connectivity index (χ0n) is 13.6.